The number of aryl methyl sites for hydroxylation is 2. The summed E-state index contributed by atoms with van der Waals surface area (Å²) >= 11 is 7.88. The summed E-state index contributed by atoms with van der Waals surface area (Å²) in [6.45, 7) is 4.39. The predicted molar refractivity (Wildman–Crippen MR) is 133 cm³/mol. The van der Waals surface area contributed by atoms with Crippen LogP contribution in [0.5, 0.6) is 0 Å². The molecule has 174 valence electrons. The predicted octanol–water partition coefficient (Wildman–Crippen LogP) is 5.24. The van der Waals surface area contributed by atoms with Crippen molar-refractivity contribution in [1.29, 1.82) is 0 Å². The minimum atomic E-state index is -0.347. The first kappa shape index (κ1) is 23.7. The van der Waals surface area contributed by atoms with Crippen LogP contribution in [0.3, 0.4) is 0 Å². The number of hydrogen-bond donors (Lipinski definition) is 0. The minimum absolute atomic E-state index is 0.0530. The molecule has 1 unspecified atom stereocenters. The van der Waals surface area contributed by atoms with Crippen LogP contribution >= 0.6 is 22.9 Å². The third kappa shape index (κ3) is 5.07. The van der Waals surface area contributed by atoms with Crippen molar-refractivity contribution in [2.45, 2.75) is 57.5 Å². The molecule has 2 heterocycles. The summed E-state index contributed by atoms with van der Waals surface area (Å²) in [5, 5.41) is 2.58. The van der Waals surface area contributed by atoms with Gasteiger partial charge in [-0.25, -0.2) is 0 Å². The molecule has 7 heteroatoms. The molecule has 2 aromatic rings. The molecule has 0 radical (unpaired) electrons. The van der Waals surface area contributed by atoms with Gasteiger partial charge in [-0.15, -0.1) is 11.3 Å². The van der Waals surface area contributed by atoms with Crippen molar-refractivity contribution in [3.05, 3.63) is 62.3 Å². The van der Waals surface area contributed by atoms with Crippen molar-refractivity contribution in [3.63, 3.8) is 0 Å². The maximum Gasteiger partial charge on any atom is 0.255 e. The number of benzene rings is 1. The van der Waals surface area contributed by atoms with Gasteiger partial charge in [-0.05, 0) is 48.9 Å². The Morgan fingerprint density at radius 2 is 2.00 bits per heavy atom. The van der Waals surface area contributed by atoms with Gasteiger partial charge in [-0.1, -0.05) is 29.8 Å². The number of anilines is 1. The fourth-order valence-corrected chi connectivity index (χ4v) is 6.06. The Bertz CT molecular complexity index is 1120. The molecule has 1 aliphatic heterocycles. The zero-order valence-corrected chi connectivity index (χ0v) is 20.7. The molecule has 1 aromatic carbocycles. The van der Waals surface area contributed by atoms with Gasteiger partial charge in [-0.2, -0.15) is 0 Å². The van der Waals surface area contributed by atoms with Crippen molar-refractivity contribution in [2.75, 3.05) is 19.0 Å². The van der Waals surface area contributed by atoms with Gasteiger partial charge in [0.05, 0.1) is 22.3 Å². The first-order valence-electron chi connectivity index (χ1n) is 11.3. The summed E-state index contributed by atoms with van der Waals surface area (Å²) in [4.78, 5) is 42.7. The molecule has 4 rings (SSSR count). The van der Waals surface area contributed by atoms with Crippen molar-refractivity contribution in [1.82, 2.24) is 4.90 Å². The van der Waals surface area contributed by atoms with E-state index in [1.807, 2.05) is 42.6 Å². The third-order valence-corrected chi connectivity index (χ3v) is 7.95. The normalized spacial score (nSPS) is 18.1. The van der Waals surface area contributed by atoms with E-state index in [0.29, 0.717) is 55.7 Å². The van der Waals surface area contributed by atoms with E-state index in [9.17, 15) is 14.4 Å². The lowest BCUT2D eigenvalue weighted by atomic mass is 9.89. The molecule has 2 aliphatic rings. The highest BCUT2D eigenvalue weighted by Crippen LogP contribution is 2.36. The van der Waals surface area contributed by atoms with Gasteiger partial charge < -0.3 is 9.80 Å². The SMILES string of the molecule is C=C1CCC(N2Cc3c(csc3CCC(=O)CCc3ccc(N(C)C)c(Cl)c3)C2=O)C(=O)C1. The lowest BCUT2D eigenvalue weighted by molar-refractivity contribution is -0.124. The van der Waals surface area contributed by atoms with E-state index in [0.717, 1.165) is 33.7 Å². The second-order valence-electron chi connectivity index (χ2n) is 9.15. The number of hydrogen-bond acceptors (Lipinski definition) is 5. The Balaban J connectivity index is 1.32. The Morgan fingerprint density at radius 1 is 1.24 bits per heavy atom. The summed E-state index contributed by atoms with van der Waals surface area (Å²) in [5.41, 5.74) is 4.67. The van der Waals surface area contributed by atoms with E-state index in [1.54, 1.807) is 16.2 Å². The quantitative estimate of drug-likeness (QED) is 0.481. The Morgan fingerprint density at radius 3 is 2.70 bits per heavy atom. The van der Waals surface area contributed by atoms with Crippen LogP contribution in [0, 0.1) is 0 Å². The summed E-state index contributed by atoms with van der Waals surface area (Å²) in [6.07, 6.45) is 4.03. The van der Waals surface area contributed by atoms with Crippen LogP contribution in [0.2, 0.25) is 5.02 Å². The Labute approximate surface area is 204 Å². The Hall–Kier alpha value is -2.44. The molecule has 0 saturated heterocycles. The van der Waals surface area contributed by atoms with Gasteiger partial charge in [0.1, 0.15) is 5.78 Å². The molecule has 33 heavy (non-hydrogen) atoms. The lowest BCUT2D eigenvalue weighted by Gasteiger charge is -2.30. The van der Waals surface area contributed by atoms with Crippen molar-refractivity contribution in [3.8, 4) is 0 Å². The molecule has 1 saturated carbocycles. The number of amides is 1. The standard InChI is InChI=1S/C26H29ClN2O3S/c1-16-4-9-23(24(31)12-16)29-14-19-20(26(29)32)15-33-25(19)11-8-18(30)7-5-17-6-10-22(28(2)3)21(27)13-17/h6,10,13,15,23H,1,4-5,7-9,11-12,14H2,2-3H3. The molecule has 5 nitrogen and oxygen atoms in total. The molecule has 0 spiro atoms. The average molecular weight is 485 g/mol. The van der Waals surface area contributed by atoms with Crippen LogP contribution in [-0.4, -0.2) is 42.5 Å². The average Bonchev–Trinajstić information content (AvgIpc) is 3.30. The summed E-state index contributed by atoms with van der Waals surface area (Å²) in [6, 6.07) is 5.58. The molecule has 0 bridgehead atoms. The third-order valence-electron chi connectivity index (χ3n) is 6.56. The van der Waals surface area contributed by atoms with E-state index in [4.69, 9.17) is 11.6 Å². The number of carbonyl (C=O) groups is 3. The number of thiophene rings is 1. The van der Waals surface area contributed by atoms with Gasteiger partial charge in [-0.3, -0.25) is 14.4 Å². The largest absolute Gasteiger partial charge is 0.376 e. The Kier molecular flexibility index (Phi) is 7.05. The van der Waals surface area contributed by atoms with Crippen molar-refractivity contribution >= 4 is 46.1 Å². The summed E-state index contributed by atoms with van der Waals surface area (Å²) < 4.78 is 0. The summed E-state index contributed by atoms with van der Waals surface area (Å²) in [7, 11) is 3.89. The van der Waals surface area contributed by atoms with Gasteiger partial charge >= 0.3 is 0 Å². The number of allylic oxidation sites excluding steroid dienone is 1. The first-order valence-corrected chi connectivity index (χ1v) is 12.6. The molecule has 1 amide bonds. The van der Waals surface area contributed by atoms with E-state index in [1.165, 1.54) is 0 Å². The summed E-state index contributed by atoms with van der Waals surface area (Å²) in [5.74, 6) is 0.235. The number of halogens is 1. The van der Waals surface area contributed by atoms with Crippen molar-refractivity contribution in [2.24, 2.45) is 0 Å². The molecule has 0 N–H and O–H groups in total. The van der Waals surface area contributed by atoms with Crippen LogP contribution in [0.4, 0.5) is 5.69 Å². The smallest absolute Gasteiger partial charge is 0.255 e. The van der Waals surface area contributed by atoms with E-state index < -0.39 is 0 Å². The minimum Gasteiger partial charge on any atom is -0.376 e. The maximum absolute atomic E-state index is 12.9. The number of ketones is 2. The number of rotatable bonds is 8. The zero-order valence-electron chi connectivity index (χ0n) is 19.2. The molecule has 1 atom stereocenters. The van der Waals surface area contributed by atoms with Gasteiger partial charge in [0, 0.05) is 50.2 Å². The number of fused-ring (bicyclic) bond motifs is 1. The van der Waals surface area contributed by atoms with E-state index in [-0.39, 0.29) is 23.5 Å². The van der Waals surface area contributed by atoms with Gasteiger partial charge in [0.25, 0.3) is 5.91 Å². The van der Waals surface area contributed by atoms with E-state index >= 15 is 0 Å². The number of nitrogens with zero attached hydrogens (tertiary/aromatic N) is 2. The maximum atomic E-state index is 12.9. The van der Waals surface area contributed by atoms with Crippen LogP contribution < -0.4 is 4.90 Å². The molecule has 1 aromatic heterocycles. The fraction of sp³-hybridized carbons (Fsp3) is 0.423. The highest BCUT2D eigenvalue weighted by molar-refractivity contribution is 7.10. The van der Waals surface area contributed by atoms with Crippen molar-refractivity contribution < 1.29 is 14.4 Å². The fourth-order valence-electron chi connectivity index (χ4n) is 4.65. The second kappa shape index (κ2) is 9.82. The lowest BCUT2D eigenvalue weighted by Crippen LogP contribution is -2.43. The van der Waals surface area contributed by atoms with Gasteiger partial charge in [0.15, 0.2) is 5.78 Å². The number of Topliss-reactive ketones (excluding diaryl/α,β-unsaturated/α-hetero) is 2. The highest BCUT2D eigenvalue weighted by atomic mass is 35.5. The molecular formula is C26H29ClN2O3S. The van der Waals surface area contributed by atoms with Crippen LogP contribution in [-0.2, 0) is 29.0 Å². The molecule has 1 fully saturated rings. The first-order chi connectivity index (χ1) is 15.7. The molecule has 1 aliphatic carbocycles. The molecular weight excluding hydrogens is 456 g/mol. The zero-order chi connectivity index (χ0) is 23.7. The monoisotopic (exact) mass is 484 g/mol. The van der Waals surface area contributed by atoms with Crippen LogP contribution in [0.15, 0.2) is 35.7 Å². The van der Waals surface area contributed by atoms with Crippen LogP contribution in [0.25, 0.3) is 0 Å². The number of carbonyl (C=O) groups excluding carboxylic acids is 3. The van der Waals surface area contributed by atoms with E-state index in [2.05, 4.69) is 6.58 Å². The second-order valence-corrected chi connectivity index (χ2v) is 10.5. The highest BCUT2D eigenvalue weighted by Gasteiger charge is 2.39. The van der Waals surface area contributed by atoms with Crippen LogP contribution in [0.1, 0.15) is 58.5 Å². The topological polar surface area (TPSA) is 57.7 Å². The van der Waals surface area contributed by atoms with Gasteiger partial charge in [0.2, 0.25) is 0 Å².